The number of carbonyl (C=O) groups is 2. The predicted octanol–water partition coefficient (Wildman–Crippen LogP) is 4.10. The molecule has 2 aliphatic carbocycles. The maximum absolute atomic E-state index is 14.8. The molecular weight excluding hydrogens is 422 g/mol. The average molecular weight is 447 g/mol. The van der Waals surface area contributed by atoms with Crippen LogP contribution in [0.15, 0.2) is 12.1 Å². The van der Waals surface area contributed by atoms with E-state index in [1.165, 1.54) is 12.1 Å². The molecule has 0 aromatic heterocycles. The van der Waals surface area contributed by atoms with E-state index in [9.17, 15) is 19.1 Å². The van der Waals surface area contributed by atoms with Crippen LogP contribution in [0.25, 0.3) is 0 Å². The number of nitrogens with two attached hydrogens (primary N) is 1. The number of hydrogen-bond donors (Lipinski definition) is 3. The first-order valence-corrected chi connectivity index (χ1v) is 10.5. The first-order chi connectivity index (χ1) is 13.6. The zero-order valence-corrected chi connectivity index (χ0v) is 17.6. The molecule has 0 aliphatic heterocycles. The highest BCUT2D eigenvalue weighted by Crippen LogP contribution is 2.50. The van der Waals surface area contributed by atoms with Crippen LogP contribution in [-0.2, 0) is 9.53 Å². The topological polar surface area (TPSA) is 102 Å². The zero-order chi connectivity index (χ0) is 21.3. The van der Waals surface area contributed by atoms with Gasteiger partial charge in [-0.1, -0.05) is 43.0 Å². The molecule has 0 spiro atoms. The summed E-state index contributed by atoms with van der Waals surface area (Å²) in [6, 6.07) is 1.96. The van der Waals surface area contributed by atoms with Crippen molar-refractivity contribution in [3.8, 4) is 0 Å². The van der Waals surface area contributed by atoms with Crippen molar-refractivity contribution >= 4 is 35.2 Å². The fourth-order valence-corrected chi connectivity index (χ4v) is 5.03. The van der Waals surface area contributed by atoms with Crippen molar-refractivity contribution in [1.82, 2.24) is 5.32 Å². The monoisotopic (exact) mass is 446 g/mol. The summed E-state index contributed by atoms with van der Waals surface area (Å²) in [7, 11) is 0. The normalized spacial score (nSPS) is 26.9. The highest BCUT2D eigenvalue weighted by Gasteiger charge is 2.44. The van der Waals surface area contributed by atoms with Gasteiger partial charge in [0.05, 0.1) is 22.2 Å². The second-order valence-electron chi connectivity index (χ2n) is 8.27. The summed E-state index contributed by atoms with van der Waals surface area (Å²) in [6.45, 7) is 2.00. The van der Waals surface area contributed by atoms with Crippen LogP contribution in [0, 0.1) is 17.2 Å². The van der Waals surface area contributed by atoms with Crippen LogP contribution in [0.4, 0.5) is 9.18 Å². The highest BCUT2D eigenvalue weighted by molar-refractivity contribution is 6.42. The third-order valence-electron chi connectivity index (χ3n) is 6.21. The lowest BCUT2D eigenvalue weighted by atomic mass is 9.76. The standard InChI is InChI=1S/C20H25Cl2FN2O4/c1-20(6-2-3-7-20)17(15-12(23)5-4-11(21)16(15)22)25-18(27)10-8-13(26)14(9-10)29-19(24)28/h4-5,10,13-14,17,26H,2-3,6-9H2,1H3,(H2,24,28)(H,25,27)/t10?,13-,14-,17-/m1/s1. The lowest BCUT2D eigenvalue weighted by molar-refractivity contribution is -0.127. The minimum Gasteiger partial charge on any atom is -0.444 e. The van der Waals surface area contributed by atoms with Crippen molar-refractivity contribution < 1.29 is 23.8 Å². The number of ether oxygens (including phenoxy) is 1. The van der Waals surface area contributed by atoms with Crippen molar-refractivity contribution in [2.24, 2.45) is 17.1 Å². The summed E-state index contributed by atoms with van der Waals surface area (Å²) in [4.78, 5) is 24.0. The minimum atomic E-state index is -1.00. The quantitative estimate of drug-likeness (QED) is 0.592. The fourth-order valence-electron chi connectivity index (χ4n) is 4.60. The van der Waals surface area contributed by atoms with Crippen molar-refractivity contribution in [2.45, 2.75) is 63.7 Å². The van der Waals surface area contributed by atoms with E-state index in [1.807, 2.05) is 6.92 Å². The van der Waals surface area contributed by atoms with Gasteiger partial charge >= 0.3 is 6.09 Å². The van der Waals surface area contributed by atoms with Gasteiger partial charge in [0.1, 0.15) is 11.9 Å². The van der Waals surface area contributed by atoms with Crippen LogP contribution in [-0.4, -0.2) is 29.3 Å². The third-order valence-corrected chi connectivity index (χ3v) is 7.03. The Balaban J connectivity index is 1.86. The van der Waals surface area contributed by atoms with Crippen LogP contribution in [0.1, 0.15) is 57.1 Å². The number of carbonyl (C=O) groups excluding carboxylic acids is 2. The molecule has 1 aromatic rings. The Labute approximate surface area is 178 Å². The number of rotatable bonds is 5. The van der Waals surface area contributed by atoms with E-state index in [-0.39, 0.29) is 39.8 Å². The number of amides is 2. The number of aliphatic hydroxyl groups is 1. The average Bonchev–Trinajstić information content (AvgIpc) is 3.24. The van der Waals surface area contributed by atoms with Gasteiger partial charge in [-0.25, -0.2) is 9.18 Å². The molecule has 1 unspecified atom stereocenters. The van der Waals surface area contributed by atoms with E-state index in [2.05, 4.69) is 5.32 Å². The second kappa shape index (κ2) is 8.66. The molecule has 4 atom stereocenters. The van der Waals surface area contributed by atoms with Gasteiger partial charge in [0.25, 0.3) is 0 Å². The number of nitrogens with one attached hydrogen (secondary N) is 1. The first kappa shape index (κ1) is 22.1. The molecule has 9 heteroatoms. The third kappa shape index (κ3) is 4.62. The minimum absolute atomic E-state index is 0.0893. The Morgan fingerprint density at radius 2 is 1.97 bits per heavy atom. The SMILES string of the molecule is CC1([C@H](NC(=O)C2C[C@@H](O)[C@H](OC(N)=O)C2)c2c(F)ccc(Cl)c2Cl)CCCC1. The molecule has 0 heterocycles. The number of halogens is 3. The van der Waals surface area contributed by atoms with E-state index in [0.29, 0.717) is 0 Å². The predicted molar refractivity (Wildman–Crippen MR) is 107 cm³/mol. The molecule has 2 amide bonds. The first-order valence-electron chi connectivity index (χ1n) is 9.70. The maximum Gasteiger partial charge on any atom is 0.404 e. The summed E-state index contributed by atoms with van der Waals surface area (Å²) in [5, 5.41) is 13.3. The lowest BCUT2D eigenvalue weighted by Crippen LogP contribution is -2.41. The van der Waals surface area contributed by atoms with Crippen LogP contribution < -0.4 is 11.1 Å². The van der Waals surface area contributed by atoms with Gasteiger partial charge in [-0.3, -0.25) is 4.79 Å². The molecule has 160 valence electrons. The van der Waals surface area contributed by atoms with Gasteiger partial charge in [-0.15, -0.1) is 0 Å². The van der Waals surface area contributed by atoms with E-state index in [0.717, 1.165) is 25.7 Å². The van der Waals surface area contributed by atoms with Crippen LogP contribution in [0.3, 0.4) is 0 Å². The van der Waals surface area contributed by atoms with Crippen molar-refractivity contribution in [1.29, 1.82) is 0 Å². The van der Waals surface area contributed by atoms with E-state index in [1.54, 1.807) is 0 Å². The summed E-state index contributed by atoms with van der Waals surface area (Å²) in [6.07, 6.45) is 1.00. The lowest BCUT2D eigenvalue weighted by Gasteiger charge is -2.36. The number of aliphatic hydroxyl groups excluding tert-OH is 1. The van der Waals surface area contributed by atoms with Crippen molar-refractivity contribution in [2.75, 3.05) is 0 Å². The summed E-state index contributed by atoms with van der Waals surface area (Å²) < 4.78 is 19.7. The van der Waals surface area contributed by atoms with Gasteiger partial charge in [0.15, 0.2) is 0 Å². The molecule has 2 saturated carbocycles. The highest BCUT2D eigenvalue weighted by atomic mass is 35.5. The Kier molecular flexibility index (Phi) is 6.61. The van der Waals surface area contributed by atoms with Gasteiger partial charge in [0.2, 0.25) is 5.91 Å². The van der Waals surface area contributed by atoms with E-state index >= 15 is 0 Å². The van der Waals surface area contributed by atoms with Gasteiger partial charge < -0.3 is 20.9 Å². The molecule has 0 radical (unpaired) electrons. The smallest absolute Gasteiger partial charge is 0.404 e. The van der Waals surface area contributed by atoms with Crippen LogP contribution >= 0.6 is 23.2 Å². The van der Waals surface area contributed by atoms with E-state index in [4.69, 9.17) is 33.7 Å². The van der Waals surface area contributed by atoms with Crippen molar-refractivity contribution in [3.05, 3.63) is 33.6 Å². The molecule has 1 aromatic carbocycles. The zero-order valence-electron chi connectivity index (χ0n) is 16.1. The molecule has 2 fully saturated rings. The molecular formula is C20H25Cl2FN2O4. The molecule has 29 heavy (non-hydrogen) atoms. The molecule has 0 bridgehead atoms. The summed E-state index contributed by atoms with van der Waals surface area (Å²) >= 11 is 12.5. The number of hydrogen-bond acceptors (Lipinski definition) is 4. The largest absolute Gasteiger partial charge is 0.444 e. The molecule has 2 aliphatic rings. The number of benzene rings is 1. The molecule has 3 rings (SSSR count). The Morgan fingerprint density at radius 1 is 1.31 bits per heavy atom. The van der Waals surface area contributed by atoms with Crippen molar-refractivity contribution in [3.63, 3.8) is 0 Å². The molecule has 6 nitrogen and oxygen atoms in total. The van der Waals surface area contributed by atoms with Crippen LogP contribution in [0.2, 0.25) is 10.0 Å². The fraction of sp³-hybridized carbons (Fsp3) is 0.600. The summed E-state index contributed by atoms with van der Waals surface area (Å²) in [5.41, 5.74) is 4.82. The maximum atomic E-state index is 14.8. The van der Waals surface area contributed by atoms with Crippen LogP contribution in [0.5, 0.6) is 0 Å². The Morgan fingerprint density at radius 3 is 2.59 bits per heavy atom. The second-order valence-corrected chi connectivity index (χ2v) is 9.06. The van der Waals surface area contributed by atoms with Gasteiger partial charge in [-0.05, 0) is 43.2 Å². The van der Waals surface area contributed by atoms with Gasteiger partial charge in [0, 0.05) is 11.5 Å². The molecule has 0 saturated heterocycles. The van der Waals surface area contributed by atoms with E-state index < -0.39 is 36.1 Å². The molecule has 4 N–H and O–H groups in total. The Hall–Kier alpha value is -1.57. The number of primary amides is 1. The van der Waals surface area contributed by atoms with Gasteiger partial charge in [-0.2, -0.15) is 0 Å². The summed E-state index contributed by atoms with van der Waals surface area (Å²) in [5.74, 6) is -1.48. The Bertz CT molecular complexity index is 801.